The highest BCUT2D eigenvalue weighted by Crippen LogP contribution is 2.21. The summed E-state index contributed by atoms with van der Waals surface area (Å²) < 4.78 is 13.3. The fraction of sp³-hybridized carbons (Fsp3) is 0.400. The van der Waals surface area contributed by atoms with Gasteiger partial charge in [0.25, 0.3) is 0 Å². The zero-order chi connectivity index (χ0) is 15.1. The first-order valence-electron chi connectivity index (χ1n) is 6.41. The number of hydrogen-bond acceptors (Lipinski definition) is 2. The molecular formula is C15H19ClFNO2. The quantitative estimate of drug-likeness (QED) is 0.787. The lowest BCUT2D eigenvalue weighted by Crippen LogP contribution is -2.39. The van der Waals surface area contributed by atoms with Crippen molar-refractivity contribution in [3.05, 3.63) is 47.3 Å². The average Bonchev–Trinajstić information content (AvgIpc) is 2.45. The van der Waals surface area contributed by atoms with Gasteiger partial charge in [-0.05, 0) is 24.5 Å². The summed E-state index contributed by atoms with van der Waals surface area (Å²) in [5.74, 6) is -0.601. The highest BCUT2D eigenvalue weighted by Gasteiger charge is 2.18. The zero-order valence-electron chi connectivity index (χ0n) is 11.5. The number of aliphatic hydroxyl groups is 1. The number of rotatable bonds is 7. The van der Waals surface area contributed by atoms with Crippen LogP contribution in [-0.4, -0.2) is 35.6 Å². The molecule has 0 aliphatic heterocycles. The van der Waals surface area contributed by atoms with Crippen LogP contribution < -0.4 is 0 Å². The third kappa shape index (κ3) is 4.32. The lowest BCUT2D eigenvalue weighted by molar-refractivity contribution is -0.132. The van der Waals surface area contributed by atoms with E-state index in [2.05, 4.69) is 6.58 Å². The number of amides is 1. The van der Waals surface area contributed by atoms with Crippen molar-refractivity contribution in [2.45, 2.75) is 25.3 Å². The van der Waals surface area contributed by atoms with E-state index < -0.39 is 5.82 Å². The van der Waals surface area contributed by atoms with E-state index in [1.807, 2.05) is 0 Å². The van der Waals surface area contributed by atoms with Crippen LogP contribution in [0.1, 0.15) is 18.4 Å². The Balaban J connectivity index is 2.62. The standard InChI is InChI=1S/C15H19ClFNO2/c1-3-5-12(10-19)18(2)14(20)9-8-11-6-4-7-13(17)15(11)16/h3-4,6-7,12,19H,1,5,8-10H2,2H3/t12-/m0/s1. The summed E-state index contributed by atoms with van der Waals surface area (Å²) in [5, 5.41) is 9.29. The van der Waals surface area contributed by atoms with E-state index in [1.165, 1.54) is 11.0 Å². The number of hydrogen-bond donors (Lipinski definition) is 1. The topological polar surface area (TPSA) is 40.5 Å². The van der Waals surface area contributed by atoms with Crippen LogP contribution in [0.2, 0.25) is 5.02 Å². The molecule has 0 bridgehead atoms. The first-order valence-corrected chi connectivity index (χ1v) is 6.79. The first kappa shape index (κ1) is 16.7. The SMILES string of the molecule is C=CC[C@@H](CO)N(C)C(=O)CCc1cccc(F)c1Cl. The van der Waals surface area contributed by atoms with Crippen molar-refractivity contribution in [3.8, 4) is 0 Å². The molecule has 0 aliphatic carbocycles. The molecule has 0 heterocycles. The van der Waals surface area contributed by atoms with Gasteiger partial charge in [0.15, 0.2) is 0 Å². The van der Waals surface area contributed by atoms with Crippen LogP contribution in [0.5, 0.6) is 0 Å². The molecule has 1 amide bonds. The largest absolute Gasteiger partial charge is 0.394 e. The minimum absolute atomic E-state index is 0.0627. The summed E-state index contributed by atoms with van der Waals surface area (Å²) in [6, 6.07) is 4.28. The Morgan fingerprint density at radius 2 is 2.30 bits per heavy atom. The maximum Gasteiger partial charge on any atom is 0.222 e. The molecule has 0 saturated heterocycles. The Bertz CT molecular complexity index is 479. The maximum absolute atomic E-state index is 13.3. The van der Waals surface area contributed by atoms with Crippen LogP contribution in [0.25, 0.3) is 0 Å². The Morgan fingerprint density at radius 3 is 2.90 bits per heavy atom. The number of benzene rings is 1. The number of carbonyl (C=O) groups is 1. The summed E-state index contributed by atoms with van der Waals surface area (Å²) in [4.78, 5) is 13.5. The van der Waals surface area contributed by atoms with Crippen molar-refractivity contribution < 1.29 is 14.3 Å². The molecular weight excluding hydrogens is 281 g/mol. The number of carbonyl (C=O) groups excluding carboxylic acids is 1. The van der Waals surface area contributed by atoms with Gasteiger partial charge in [-0.25, -0.2) is 4.39 Å². The normalized spacial score (nSPS) is 12.0. The zero-order valence-corrected chi connectivity index (χ0v) is 12.2. The second-order valence-electron chi connectivity index (χ2n) is 4.58. The molecule has 1 aromatic rings. The highest BCUT2D eigenvalue weighted by molar-refractivity contribution is 6.31. The third-order valence-corrected chi connectivity index (χ3v) is 3.65. The molecule has 5 heteroatoms. The lowest BCUT2D eigenvalue weighted by atomic mass is 10.1. The molecule has 0 aromatic heterocycles. The minimum atomic E-state index is -0.482. The lowest BCUT2D eigenvalue weighted by Gasteiger charge is -2.25. The van der Waals surface area contributed by atoms with Gasteiger partial charge in [0.1, 0.15) is 5.82 Å². The van der Waals surface area contributed by atoms with E-state index in [0.29, 0.717) is 18.4 Å². The van der Waals surface area contributed by atoms with Crippen molar-refractivity contribution in [1.29, 1.82) is 0 Å². The molecule has 3 nitrogen and oxygen atoms in total. The molecule has 0 fully saturated rings. The van der Waals surface area contributed by atoms with Gasteiger partial charge in [-0.2, -0.15) is 0 Å². The summed E-state index contributed by atoms with van der Waals surface area (Å²) in [6.07, 6.45) is 2.77. The average molecular weight is 300 g/mol. The van der Waals surface area contributed by atoms with E-state index >= 15 is 0 Å². The van der Waals surface area contributed by atoms with Crippen molar-refractivity contribution in [2.75, 3.05) is 13.7 Å². The molecule has 0 radical (unpaired) electrons. The molecule has 0 spiro atoms. The van der Waals surface area contributed by atoms with Crippen molar-refractivity contribution in [3.63, 3.8) is 0 Å². The smallest absolute Gasteiger partial charge is 0.222 e. The predicted octanol–water partition coefficient (Wildman–Crippen LogP) is 2.81. The Labute approximate surface area is 123 Å². The summed E-state index contributed by atoms with van der Waals surface area (Å²) in [6.45, 7) is 3.48. The molecule has 0 aliphatic rings. The van der Waals surface area contributed by atoms with Gasteiger partial charge in [0.2, 0.25) is 5.91 Å². The number of halogens is 2. The monoisotopic (exact) mass is 299 g/mol. The van der Waals surface area contributed by atoms with Crippen molar-refractivity contribution in [1.82, 2.24) is 4.90 Å². The Kier molecular flexibility index (Phi) is 6.68. The van der Waals surface area contributed by atoms with Crippen molar-refractivity contribution >= 4 is 17.5 Å². The Morgan fingerprint density at radius 1 is 1.60 bits per heavy atom. The number of aryl methyl sites for hydroxylation is 1. The van der Waals surface area contributed by atoms with Gasteiger partial charge >= 0.3 is 0 Å². The number of nitrogens with zero attached hydrogens (tertiary/aromatic N) is 1. The maximum atomic E-state index is 13.3. The van der Waals surface area contributed by atoms with Crippen LogP contribution in [-0.2, 0) is 11.2 Å². The van der Waals surface area contributed by atoms with E-state index in [4.69, 9.17) is 11.6 Å². The molecule has 1 rings (SSSR count). The molecule has 20 heavy (non-hydrogen) atoms. The summed E-state index contributed by atoms with van der Waals surface area (Å²) in [7, 11) is 1.64. The molecule has 0 saturated carbocycles. The van der Waals surface area contributed by atoms with Gasteiger partial charge in [0.05, 0.1) is 17.7 Å². The van der Waals surface area contributed by atoms with E-state index in [-0.39, 0.29) is 30.0 Å². The summed E-state index contributed by atoms with van der Waals surface area (Å²) >= 11 is 5.84. The second-order valence-corrected chi connectivity index (χ2v) is 4.96. The molecule has 1 atom stereocenters. The van der Waals surface area contributed by atoms with Gasteiger partial charge in [-0.3, -0.25) is 4.79 Å². The molecule has 110 valence electrons. The van der Waals surface area contributed by atoms with Crippen LogP contribution >= 0.6 is 11.6 Å². The van der Waals surface area contributed by atoms with Crippen molar-refractivity contribution in [2.24, 2.45) is 0 Å². The summed E-state index contributed by atoms with van der Waals surface area (Å²) in [5.41, 5.74) is 0.609. The van der Waals surface area contributed by atoms with Gasteiger partial charge in [0, 0.05) is 13.5 Å². The van der Waals surface area contributed by atoms with Crippen LogP contribution in [0.15, 0.2) is 30.9 Å². The second kappa shape index (κ2) is 8.02. The van der Waals surface area contributed by atoms with Crippen LogP contribution in [0, 0.1) is 5.82 Å². The van der Waals surface area contributed by atoms with E-state index in [9.17, 15) is 14.3 Å². The van der Waals surface area contributed by atoms with Gasteiger partial charge in [-0.1, -0.05) is 29.8 Å². The highest BCUT2D eigenvalue weighted by atomic mass is 35.5. The fourth-order valence-electron chi connectivity index (χ4n) is 1.91. The van der Waals surface area contributed by atoms with Gasteiger partial charge in [-0.15, -0.1) is 6.58 Å². The minimum Gasteiger partial charge on any atom is -0.394 e. The van der Waals surface area contributed by atoms with Crippen LogP contribution in [0.3, 0.4) is 0 Å². The first-order chi connectivity index (χ1) is 9.51. The van der Waals surface area contributed by atoms with E-state index in [1.54, 1.807) is 25.3 Å². The molecule has 1 aromatic carbocycles. The number of aliphatic hydroxyl groups excluding tert-OH is 1. The number of likely N-dealkylation sites (N-methyl/N-ethyl adjacent to an activating group) is 1. The molecule has 0 unspecified atom stereocenters. The van der Waals surface area contributed by atoms with Crippen LogP contribution in [0.4, 0.5) is 4.39 Å². The Hall–Kier alpha value is -1.39. The fourth-order valence-corrected chi connectivity index (χ4v) is 2.13. The van der Waals surface area contributed by atoms with E-state index in [0.717, 1.165) is 0 Å². The predicted molar refractivity (Wildman–Crippen MR) is 78.2 cm³/mol. The van der Waals surface area contributed by atoms with Gasteiger partial charge < -0.3 is 10.0 Å². The third-order valence-electron chi connectivity index (χ3n) is 3.23. The molecule has 1 N–H and O–H groups in total.